The molecule has 0 unspecified atom stereocenters. The lowest BCUT2D eigenvalue weighted by Crippen LogP contribution is -2.38. The maximum Gasteiger partial charge on any atom is 0.316 e. The van der Waals surface area contributed by atoms with E-state index >= 15 is 0 Å². The van der Waals surface area contributed by atoms with E-state index in [-0.39, 0.29) is 17.5 Å². The summed E-state index contributed by atoms with van der Waals surface area (Å²) < 4.78 is 11.3. The topological polar surface area (TPSA) is 64.5 Å². The van der Waals surface area contributed by atoms with Gasteiger partial charge in [-0.3, -0.25) is 4.79 Å². The fourth-order valence-corrected chi connectivity index (χ4v) is 3.52. The van der Waals surface area contributed by atoms with Gasteiger partial charge in [-0.05, 0) is 25.0 Å². The molecule has 0 bridgehead atoms. The summed E-state index contributed by atoms with van der Waals surface area (Å²) >= 11 is 0. The highest BCUT2D eigenvalue weighted by molar-refractivity contribution is 5.93. The molecular weight excluding hydrogens is 330 g/mol. The minimum absolute atomic E-state index is 0.0510. The van der Waals surface area contributed by atoms with Gasteiger partial charge < -0.3 is 14.4 Å². The van der Waals surface area contributed by atoms with Crippen molar-refractivity contribution in [3.05, 3.63) is 53.9 Å². The van der Waals surface area contributed by atoms with Crippen LogP contribution in [0.15, 0.2) is 42.7 Å². The van der Waals surface area contributed by atoms with Gasteiger partial charge in [-0.1, -0.05) is 24.3 Å². The molecule has 26 heavy (non-hydrogen) atoms. The van der Waals surface area contributed by atoms with Crippen LogP contribution in [0.3, 0.4) is 0 Å². The minimum Gasteiger partial charge on any atom is -0.483 e. The lowest BCUT2D eigenvalue weighted by atomic mass is 9.91. The third-order valence-electron chi connectivity index (χ3n) is 4.98. The zero-order valence-corrected chi connectivity index (χ0v) is 14.7. The van der Waals surface area contributed by atoms with Crippen LogP contribution in [0, 0.1) is 0 Å². The number of aromatic nitrogens is 2. The molecule has 6 heteroatoms. The average Bonchev–Trinajstić information content (AvgIpc) is 2.90. The number of carbonyl (C=O) groups excluding carboxylic acids is 1. The summed E-state index contributed by atoms with van der Waals surface area (Å²) in [7, 11) is 1.50. The summed E-state index contributed by atoms with van der Waals surface area (Å²) in [5.74, 6) is 0.864. The largest absolute Gasteiger partial charge is 0.483 e. The van der Waals surface area contributed by atoms with E-state index in [9.17, 15) is 4.79 Å². The number of para-hydroxylation sites is 1. The summed E-state index contributed by atoms with van der Waals surface area (Å²) in [4.78, 5) is 22.7. The van der Waals surface area contributed by atoms with E-state index in [2.05, 4.69) is 28.2 Å². The fraction of sp³-hybridized carbons (Fsp3) is 0.350. The first-order valence-electron chi connectivity index (χ1n) is 8.82. The summed E-state index contributed by atoms with van der Waals surface area (Å²) in [6.45, 7) is 1.34. The third kappa shape index (κ3) is 3.14. The molecule has 2 aliphatic heterocycles. The number of rotatable bonds is 2. The second kappa shape index (κ2) is 6.78. The van der Waals surface area contributed by atoms with Crippen molar-refractivity contribution < 1.29 is 14.3 Å². The van der Waals surface area contributed by atoms with Gasteiger partial charge in [0.2, 0.25) is 0 Å². The quantitative estimate of drug-likeness (QED) is 0.832. The van der Waals surface area contributed by atoms with E-state index in [0.717, 1.165) is 30.6 Å². The van der Waals surface area contributed by atoms with Crippen LogP contribution >= 0.6 is 0 Å². The normalized spacial score (nSPS) is 21.7. The van der Waals surface area contributed by atoms with Crippen molar-refractivity contribution in [3.63, 3.8) is 0 Å². The van der Waals surface area contributed by atoms with Crippen molar-refractivity contribution in [3.8, 4) is 11.8 Å². The Morgan fingerprint density at radius 1 is 1.19 bits per heavy atom. The first-order chi connectivity index (χ1) is 12.7. The number of methoxy groups -OCH3 is 1. The molecule has 2 aliphatic rings. The van der Waals surface area contributed by atoms with E-state index in [1.807, 2.05) is 23.1 Å². The Bertz CT molecular complexity index is 834. The first-order valence-corrected chi connectivity index (χ1v) is 8.82. The van der Waals surface area contributed by atoms with Crippen LogP contribution in [0.2, 0.25) is 0 Å². The highest BCUT2D eigenvalue weighted by atomic mass is 16.5. The standard InChI is InChI=1S/C20H21N3O3/c1-25-19-21-13-16(14-22-19)18(24)23-11-4-8-20(10-12-23)9-7-15-5-2-3-6-17(15)26-20/h2-3,5-7,9,13-14H,4,8,10-12H2,1H3/t20-/m0/s1. The number of amides is 1. The predicted octanol–water partition coefficient (Wildman–Crippen LogP) is 2.96. The van der Waals surface area contributed by atoms with Crippen LogP contribution in [-0.2, 0) is 0 Å². The van der Waals surface area contributed by atoms with Gasteiger partial charge in [-0.25, -0.2) is 9.97 Å². The van der Waals surface area contributed by atoms with E-state index < -0.39 is 0 Å². The number of fused-ring (bicyclic) bond motifs is 1. The fourth-order valence-electron chi connectivity index (χ4n) is 3.52. The molecule has 1 aromatic carbocycles. The molecule has 1 amide bonds. The van der Waals surface area contributed by atoms with Crippen molar-refractivity contribution >= 4 is 12.0 Å². The molecule has 6 nitrogen and oxygen atoms in total. The van der Waals surface area contributed by atoms with Gasteiger partial charge in [-0.15, -0.1) is 0 Å². The Hall–Kier alpha value is -2.89. The van der Waals surface area contributed by atoms with Crippen LogP contribution < -0.4 is 9.47 Å². The molecule has 2 aromatic rings. The minimum atomic E-state index is -0.334. The number of likely N-dealkylation sites (tertiary alicyclic amines) is 1. The number of hydrogen-bond donors (Lipinski definition) is 0. The van der Waals surface area contributed by atoms with Crippen molar-refractivity contribution in [1.82, 2.24) is 14.9 Å². The van der Waals surface area contributed by atoms with Gasteiger partial charge >= 0.3 is 6.01 Å². The van der Waals surface area contributed by atoms with Crippen LogP contribution in [0.4, 0.5) is 0 Å². The molecular formula is C20H21N3O3. The summed E-state index contributed by atoms with van der Waals surface area (Å²) in [6.07, 6.45) is 9.86. The molecule has 134 valence electrons. The van der Waals surface area contributed by atoms with E-state index in [1.54, 1.807) is 0 Å². The van der Waals surface area contributed by atoms with Gasteiger partial charge in [-0.2, -0.15) is 0 Å². The molecule has 0 saturated carbocycles. The lowest BCUT2D eigenvalue weighted by molar-refractivity contribution is 0.0729. The number of hydrogen-bond acceptors (Lipinski definition) is 5. The Morgan fingerprint density at radius 3 is 2.81 bits per heavy atom. The predicted molar refractivity (Wildman–Crippen MR) is 97.2 cm³/mol. The van der Waals surface area contributed by atoms with Crippen molar-refractivity contribution in [2.75, 3.05) is 20.2 Å². The van der Waals surface area contributed by atoms with E-state index in [0.29, 0.717) is 18.7 Å². The summed E-state index contributed by atoms with van der Waals surface area (Å²) in [5.41, 5.74) is 1.25. The molecule has 0 radical (unpaired) electrons. The molecule has 1 atom stereocenters. The maximum absolute atomic E-state index is 12.8. The van der Waals surface area contributed by atoms with Crippen molar-refractivity contribution in [2.24, 2.45) is 0 Å². The molecule has 0 N–H and O–H groups in total. The Morgan fingerprint density at radius 2 is 2.00 bits per heavy atom. The molecule has 0 aliphatic carbocycles. The molecule has 1 saturated heterocycles. The summed E-state index contributed by atoms with van der Waals surface area (Å²) in [6, 6.07) is 8.31. The maximum atomic E-state index is 12.8. The molecule has 1 aromatic heterocycles. The number of nitrogens with zero attached hydrogens (tertiary/aromatic N) is 3. The number of carbonyl (C=O) groups is 1. The molecule has 4 rings (SSSR count). The van der Waals surface area contributed by atoms with Gasteiger partial charge in [0.1, 0.15) is 11.4 Å². The number of ether oxygens (including phenoxy) is 2. The van der Waals surface area contributed by atoms with E-state index in [4.69, 9.17) is 9.47 Å². The molecule has 1 fully saturated rings. The SMILES string of the molecule is COc1ncc(C(=O)N2CCC[C@]3(C=Cc4ccccc4O3)CC2)cn1. The Kier molecular flexibility index (Phi) is 4.32. The zero-order chi connectivity index (χ0) is 18.0. The zero-order valence-electron chi connectivity index (χ0n) is 14.7. The van der Waals surface area contributed by atoms with Crippen molar-refractivity contribution in [2.45, 2.75) is 24.9 Å². The van der Waals surface area contributed by atoms with Crippen LogP contribution in [0.5, 0.6) is 11.8 Å². The third-order valence-corrected chi connectivity index (χ3v) is 4.98. The second-order valence-corrected chi connectivity index (χ2v) is 6.64. The van der Waals surface area contributed by atoms with Crippen molar-refractivity contribution in [1.29, 1.82) is 0 Å². The van der Waals surface area contributed by atoms with Gasteiger partial charge in [0.05, 0.1) is 12.7 Å². The van der Waals surface area contributed by atoms with Gasteiger partial charge in [0, 0.05) is 37.5 Å². The lowest BCUT2D eigenvalue weighted by Gasteiger charge is -2.34. The summed E-state index contributed by atoms with van der Waals surface area (Å²) in [5, 5.41) is 0. The smallest absolute Gasteiger partial charge is 0.316 e. The second-order valence-electron chi connectivity index (χ2n) is 6.64. The first kappa shape index (κ1) is 16.6. The van der Waals surface area contributed by atoms with Crippen LogP contribution in [-0.4, -0.2) is 46.6 Å². The Labute approximate surface area is 152 Å². The van der Waals surface area contributed by atoms with Gasteiger partial charge in [0.15, 0.2) is 0 Å². The van der Waals surface area contributed by atoms with E-state index in [1.165, 1.54) is 19.5 Å². The van der Waals surface area contributed by atoms with Gasteiger partial charge in [0.25, 0.3) is 5.91 Å². The van der Waals surface area contributed by atoms with Crippen LogP contribution in [0.1, 0.15) is 35.2 Å². The molecule has 1 spiro atoms. The molecule has 3 heterocycles. The monoisotopic (exact) mass is 351 g/mol. The highest BCUT2D eigenvalue weighted by Crippen LogP contribution is 2.37. The Balaban J connectivity index is 1.47. The van der Waals surface area contributed by atoms with Crippen LogP contribution in [0.25, 0.3) is 6.08 Å². The highest BCUT2D eigenvalue weighted by Gasteiger charge is 2.36. The number of benzene rings is 1. The average molecular weight is 351 g/mol.